The number of carbonyl (C=O) groups is 2. The highest BCUT2D eigenvalue weighted by Gasteiger charge is 2.30. The third-order valence-electron chi connectivity index (χ3n) is 2.65. The number of carbonyl (C=O) groups excluding carboxylic acids is 2. The molecule has 1 N–H and O–H groups in total. The van der Waals surface area contributed by atoms with Crippen molar-refractivity contribution in [3.05, 3.63) is 52.8 Å². The monoisotopic (exact) mass is 418 g/mol. The molecule has 0 spiro atoms. The van der Waals surface area contributed by atoms with E-state index in [-0.39, 0.29) is 11.3 Å². The summed E-state index contributed by atoms with van der Waals surface area (Å²) in [5.41, 5.74) is 0.385. The summed E-state index contributed by atoms with van der Waals surface area (Å²) >= 11 is 3.15. The summed E-state index contributed by atoms with van der Waals surface area (Å²) < 4.78 is 45.2. The Morgan fingerprint density at radius 2 is 1.84 bits per heavy atom. The van der Waals surface area contributed by atoms with Crippen LogP contribution >= 0.6 is 15.9 Å². The van der Waals surface area contributed by atoms with Crippen molar-refractivity contribution in [1.29, 1.82) is 0 Å². The molecule has 0 saturated heterocycles. The smallest absolute Gasteiger partial charge is 0.452 e. The minimum absolute atomic E-state index is 0.163. The average molecular weight is 419 g/mol. The molecule has 0 radical (unpaired) electrons. The van der Waals surface area contributed by atoms with Crippen LogP contribution in [0.15, 0.2) is 47.2 Å². The van der Waals surface area contributed by atoms with E-state index in [1.165, 1.54) is 30.6 Å². The SMILES string of the molecule is O=C(COC(=O)c1cncc(Br)c1)Nc1ccc(OC(F)(F)F)cc1. The second kappa shape index (κ2) is 7.97. The number of rotatable bonds is 5. The summed E-state index contributed by atoms with van der Waals surface area (Å²) in [5, 5.41) is 2.37. The van der Waals surface area contributed by atoms with Crippen LogP contribution in [0.2, 0.25) is 0 Å². The van der Waals surface area contributed by atoms with Gasteiger partial charge in [-0.2, -0.15) is 0 Å². The minimum atomic E-state index is -4.79. The minimum Gasteiger partial charge on any atom is -0.452 e. The Morgan fingerprint density at radius 1 is 1.16 bits per heavy atom. The van der Waals surface area contributed by atoms with E-state index in [4.69, 9.17) is 4.74 Å². The summed E-state index contributed by atoms with van der Waals surface area (Å²) in [5.74, 6) is -1.81. The number of aromatic nitrogens is 1. The van der Waals surface area contributed by atoms with E-state index < -0.39 is 30.6 Å². The van der Waals surface area contributed by atoms with Crippen LogP contribution < -0.4 is 10.1 Å². The van der Waals surface area contributed by atoms with Crippen LogP contribution in [0.25, 0.3) is 0 Å². The highest BCUT2D eigenvalue weighted by atomic mass is 79.9. The van der Waals surface area contributed by atoms with Crippen LogP contribution in [-0.4, -0.2) is 29.8 Å². The molecule has 25 heavy (non-hydrogen) atoms. The lowest BCUT2D eigenvalue weighted by atomic mass is 10.3. The topological polar surface area (TPSA) is 77.5 Å². The molecule has 0 aliphatic rings. The zero-order valence-corrected chi connectivity index (χ0v) is 13.9. The number of alkyl halides is 3. The van der Waals surface area contributed by atoms with E-state index in [0.717, 1.165) is 12.1 Å². The van der Waals surface area contributed by atoms with Gasteiger partial charge in [-0.3, -0.25) is 9.78 Å². The Morgan fingerprint density at radius 3 is 2.44 bits per heavy atom. The van der Waals surface area contributed by atoms with Gasteiger partial charge in [-0.05, 0) is 46.3 Å². The fourth-order valence-electron chi connectivity index (χ4n) is 1.67. The van der Waals surface area contributed by atoms with Gasteiger partial charge in [0, 0.05) is 22.6 Å². The van der Waals surface area contributed by atoms with Crippen molar-refractivity contribution in [2.24, 2.45) is 0 Å². The van der Waals surface area contributed by atoms with Gasteiger partial charge in [0.15, 0.2) is 6.61 Å². The number of esters is 1. The molecule has 1 heterocycles. The van der Waals surface area contributed by atoms with Gasteiger partial charge in [-0.25, -0.2) is 4.79 Å². The van der Waals surface area contributed by atoms with Crippen LogP contribution in [-0.2, 0) is 9.53 Å². The first-order valence-electron chi connectivity index (χ1n) is 6.66. The van der Waals surface area contributed by atoms with Crippen molar-refractivity contribution in [1.82, 2.24) is 4.98 Å². The highest BCUT2D eigenvalue weighted by Crippen LogP contribution is 2.23. The molecule has 1 aromatic heterocycles. The molecule has 2 aromatic rings. The first-order valence-corrected chi connectivity index (χ1v) is 7.45. The first-order chi connectivity index (χ1) is 11.7. The number of nitrogens with one attached hydrogen (secondary N) is 1. The van der Waals surface area contributed by atoms with Crippen molar-refractivity contribution < 1.29 is 32.2 Å². The van der Waals surface area contributed by atoms with Gasteiger partial charge >= 0.3 is 12.3 Å². The van der Waals surface area contributed by atoms with Gasteiger partial charge in [0.1, 0.15) is 5.75 Å². The van der Waals surface area contributed by atoms with Gasteiger partial charge in [0.2, 0.25) is 0 Å². The Kier molecular flexibility index (Phi) is 5.97. The van der Waals surface area contributed by atoms with Gasteiger partial charge < -0.3 is 14.8 Å². The summed E-state index contributed by atoms with van der Waals surface area (Å²) in [4.78, 5) is 27.2. The Balaban J connectivity index is 1.85. The number of hydrogen-bond donors (Lipinski definition) is 1. The molecule has 0 saturated carbocycles. The third kappa shape index (κ3) is 6.42. The zero-order chi connectivity index (χ0) is 18.4. The lowest BCUT2D eigenvalue weighted by molar-refractivity contribution is -0.274. The predicted molar refractivity (Wildman–Crippen MR) is 84.0 cm³/mol. The maximum Gasteiger partial charge on any atom is 0.573 e. The summed E-state index contributed by atoms with van der Waals surface area (Å²) in [6.45, 7) is -0.563. The van der Waals surface area contributed by atoms with Crippen molar-refractivity contribution in [3.8, 4) is 5.75 Å². The lowest BCUT2D eigenvalue weighted by Gasteiger charge is -2.10. The van der Waals surface area contributed by atoms with Crippen LogP contribution in [0.1, 0.15) is 10.4 Å². The Bertz CT molecular complexity index is 766. The second-order valence-electron chi connectivity index (χ2n) is 4.59. The molecule has 0 aliphatic heterocycles. The molecule has 0 atom stereocenters. The molecule has 2 rings (SSSR count). The van der Waals surface area contributed by atoms with Crippen LogP contribution in [0.5, 0.6) is 5.75 Å². The van der Waals surface area contributed by atoms with Crippen molar-refractivity contribution in [3.63, 3.8) is 0 Å². The fraction of sp³-hybridized carbons (Fsp3) is 0.133. The van der Waals surface area contributed by atoms with Gasteiger partial charge in [-0.15, -0.1) is 13.2 Å². The molecule has 6 nitrogen and oxygen atoms in total. The number of halogens is 4. The number of ether oxygens (including phenoxy) is 2. The van der Waals surface area contributed by atoms with Crippen molar-refractivity contribution in [2.75, 3.05) is 11.9 Å². The van der Waals surface area contributed by atoms with E-state index in [2.05, 4.69) is 31.0 Å². The molecule has 0 unspecified atom stereocenters. The number of benzene rings is 1. The number of hydrogen-bond acceptors (Lipinski definition) is 5. The molecule has 1 aromatic carbocycles. The van der Waals surface area contributed by atoms with Crippen molar-refractivity contribution in [2.45, 2.75) is 6.36 Å². The second-order valence-corrected chi connectivity index (χ2v) is 5.50. The average Bonchev–Trinajstić information content (AvgIpc) is 2.53. The van der Waals surface area contributed by atoms with Gasteiger partial charge in [-0.1, -0.05) is 0 Å². The first kappa shape index (κ1) is 18.7. The standard InChI is InChI=1S/C15H10BrF3N2O4/c16-10-5-9(6-20-7-10)14(23)24-8-13(22)21-11-1-3-12(4-2-11)25-15(17,18)19/h1-7H,8H2,(H,21,22). The van der Waals surface area contributed by atoms with Gasteiger partial charge in [0.05, 0.1) is 5.56 Å². The summed E-state index contributed by atoms with van der Waals surface area (Å²) in [6.07, 6.45) is -2.03. The molecular formula is C15H10BrF3N2O4. The quantitative estimate of drug-likeness (QED) is 0.751. The van der Waals surface area contributed by atoms with E-state index in [0.29, 0.717) is 4.47 Å². The number of pyridine rings is 1. The van der Waals surface area contributed by atoms with E-state index in [1.807, 2.05) is 0 Å². The maximum atomic E-state index is 12.0. The molecule has 132 valence electrons. The highest BCUT2D eigenvalue weighted by molar-refractivity contribution is 9.10. The molecule has 0 fully saturated rings. The molecule has 1 amide bonds. The van der Waals surface area contributed by atoms with E-state index >= 15 is 0 Å². The van der Waals surface area contributed by atoms with E-state index in [9.17, 15) is 22.8 Å². The molecule has 0 bridgehead atoms. The zero-order valence-electron chi connectivity index (χ0n) is 12.3. The number of anilines is 1. The van der Waals surface area contributed by atoms with E-state index in [1.54, 1.807) is 0 Å². The molecule has 10 heteroatoms. The number of nitrogens with zero attached hydrogens (tertiary/aromatic N) is 1. The fourth-order valence-corrected chi connectivity index (χ4v) is 2.04. The van der Waals surface area contributed by atoms with Crippen LogP contribution in [0, 0.1) is 0 Å². The Labute approximate surface area is 148 Å². The normalized spacial score (nSPS) is 10.9. The van der Waals surface area contributed by atoms with Crippen molar-refractivity contribution >= 4 is 33.5 Å². The van der Waals surface area contributed by atoms with Gasteiger partial charge in [0.25, 0.3) is 5.91 Å². The third-order valence-corrected chi connectivity index (χ3v) is 3.08. The molecular weight excluding hydrogens is 409 g/mol. The summed E-state index contributed by atoms with van der Waals surface area (Å²) in [7, 11) is 0. The van der Waals surface area contributed by atoms with Crippen LogP contribution in [0.3, 0.4) is 0 Å². The largest absolute Gasteiger partial charge is 0.573 e. The lowest BCUT2D eigenvalue weighted by Crippen LogP contribution is -2.21. The molecule has 0 aliphatic carbocycles. The summed E-state index contributed by atoms with van der Waals surface area (Å²) in [6, 6.07) is 6.01. The predicted octanol–water partition coefficient (Wildman–Crippen LogP) is 3.54. The Hall–Kier alpha value is -2.62. The maximum absolute atomic E-state index is 12.0. The number of amides is 1. The van der Waals surface area contributed by atoms with Crippen LogP contribution in [0.4, 0.5) is 18.9 Å².